The SMILES string of the molecule is CCC(CNC(=NC)NCCc1noc(-c2ccccn2)n1)Oc1ccccc1Cl. The molecule has 2 aromatic heterocycles. The highest BCUT2D eigenvalue weighted by Crippen LogP contribution is 2.24. The molecule has 0 spiro atoms. The Morgan fingerprint density at radius 3 is 2.77 bits per heavy atom. The van der Waals surface area contributed by atoms with E-state index in [4.69, 9.17) is 20.9 Å². The summed E-state index contributed by atoms with van der Waals surface area (Å²) in [6.07, 6.45) is 3.07. The minimum Gasteiger partial charge on any atom is -0.487 e. The predicted molar refractivity (Wildman–Crippen MR) is 117 cm³/mol. The molecule has 30 heavy (non-hydrogen) atoms. The summed E-state index contributed by atoms with van der Waals surface area (Å²) in [5.74, 6) is 2.36. The Hall–Kier alpha value is -3.13. The molecule has 1 unspecified atom stereocenters. The van der Waals surface area contributed by atoms with E-state index in [-0.39, 0.29) is 6.10 Å². The fraction of sp³-hybridized carbons (Fsp3) is 0.333. The number of para-hydroxylation sites is 1. The summed E-state index contributed by atoms with van der Waals surface area (Å²) in [6.45, 7) is 3.26. The monoisotopic (exact) mass is 428 g/mol. The third kappa shape index (κ3) is 6.18. The molecule has 0 fully saturated rings. The van der Waals surface area contributed by atoms with Crippen LogP contribution in [0.2, 0.25) is 5.02 Å². The Morgan fingerprint density at radius 2 is 2.03 bits per heavy atom. The molecule has 0 bridgehead atoms. The first-order valence-electron chi connectivity index (χ1n) is 9.79. The second-order valence-electron chi connectivity index (χ2n) is 6.44. The Kier molecular flexibility index (Phi) is 8.02. The van der Waals surface area contributed by atoms with Crippen LogP contribution in [-0.4, -0.2) is 47.3 Å². The van der Waals surface area contributed by atoms with Gasteiger partial charge in [0.15, 0.2) is 11.8 Å². The third-order valence-corrected chi connectivity index (χ3v) is 4.61. The molecule has 158 valence electrons. The van der Waals surface area contributed by atoms with Crippen LogP contribution in [0.25, 0.3) is 11.6 Å². The number of aromatic nitrogens is 3. The number of nitrogens with one attached hydrogen (secondary N) is 2. The Morgan fingerprint density at radius 1 is 1.20 bits per heavy atom. The van der Waals surface area contributed by atoms with Gasteiger partial charge in [0.1, 0.15) is 17.5 Å². The van der Waals surface area contributed by atoms with Crippen molar-refractivity contribution < 1.29 is 9.26 Å². The van der Waals surface area contributed by atoms with E-state index in [0.29, 0.717) is 53.7 Å². The van der Waals surface area contributed by atoms with Crippen molar-refractivity contribution in [2.24, 2.45) is 4.99 Å². The highest BCUT2D eigenvalue weighted by Gasteiger charge is 2.12. The van der Waals surface area contributed by atoms with Gasteiger partial charge >= 0.3 is 0 Å². The van der Waals surface area contributed by atoms with Gasteiger partial charge in [0, 0.05) is 26.2 Å². The van der Waals surface area contributed by atoms with Crippen molar-refractivity contribution in [3.63, 3.8) is 0 Å². The molecule has 1 atom stereocenters. The maximum Gasteiger partial charge on any atom is 0.276 e. The zero-order valence-corrected chi connectivity index (χ0v) is 17.8. The van der Waals surface area contributed by atoms with E-state index in [1.807, 2.05) is 42.5 Å². The van der Waals surface area contributed by atoms with Crippen molar-refractivity contribution in [3.05, 3.63) is 59.5 Å². The van der Waals surface area contributed by atoms with Crippen molar-refractivity contribution >= 4 is 17.6 Å². The summed E-state index contributed by atoms with van der Waals surface area (Å²) in [6, 6.07) is 13.0. The van der Waals surface area contributed by atoms with Crippen molar-refractivity contribution in [2.45, 2.75) is 25.9 Å². The maximum atomic E-state index is 6.18. The van der Waals surface area contributed by atoms with E-state index in [0.717, 1.165) is 6.42 Å². The average molecular weight is 429 g/mol. The van der Waals surface area contributed by atoms with Crippen LogP contribution >= 0.6 is 11.6 Å². The van der Waals surface area contributed by atoms with Crippen LogP contribution < -0.4 is 15.4 Å². The molecule has 3 aromatic rings. The highest BCUT2D eigenvalue weighted by molar-refractivity contribution is 6.32. The molecule has 2 heterocycles. The van der Waals surface area contributed by atoms with E-state index in [2.05, 4.69) is 37.7 Å². The Labute approximate surface area is 180 Å². The molecule has 1 aromatic carbocycles. The van der Waals surface area contributed by atoms with Gasteiger partial charge in [0.25, 0.3) is 5.89 Å². The lowest BCUT2D eigenvalue weighted by molar-refractivity contribution is 0.199. The van der Waals surface area contributed by atoms with Gasteiger partial charge in [-0.15, -0.1) is 0 Å². The van der Waals surface area contributed by atoms with Crippen LogP contribution in [0.5, 0.6) is 5.75 Å². The largest absolute Gasteiger partial charge is 0.487 e. The fourth-order valence-electron chi connectivity index (χ4n) is 2.66. The van der Waals surface area contributed by atoms with Crippen LogP contribution in [0.15, 0.2) is 58.2 Å². The first-order valence-corrected chi connectivity index (χ1v) is 10.2. The van der Waals surface area contributed by atoms with E-state index >= 15 is 0 Å². The number of ether oxygens (including phenoxy) is 1. The van der Waals surface area contributed by atoms with Gasteiger partial charge in [-0.1, -0.05) is 41.9 Å². The van der Waals surface area contributed by atoms with Crippen molar-refractivity contribution in [2.75, 3.05) is 20.1 Å². The number of guanidine groups is 1. The minimum atomic E-state index is -0.0402. The minimum absolute atomic E-state index is 0.0402. The molecule has 0 saturated heterocycles. The van der Waals surface area contributed by atoms with E-state index < -0.39 is 0 Å². The van der Waals surface area contributed by atoms with Gasteiger partial charge in [-0.05, 0) is 30.7 Å². The molecule has 0 radical (unpaired) electrons. The van der Waals surface area contributed by atoms with Crippen LogP contribution in [0.3, 0.4) is 0 Å². The number of halogens is 1. The standard InChI is InChI=1S/C21H25ClN6O2/c1-3-15(29-18-10-5-4-8-16(18)22)14-26-21(23-2)25-13-11-19-27-20(30-28-19)17-9-6-7-12-24-17/h4-10,12,15H,3,11,13-14H2,1-2H3,(H2,23,25,26). The summed E-state index contributed by atoms with van der Waals surface area (Å²) < 4.78 is 11.3. The normalized spacial score (nSPS) is 12.4. The van der Waals surface area contributed by atoms with Crippen molar-refractivity contribution in [1.82, 2.24) is 25.8 Å². The molecular formula is C21H25ClN6O2. The van der Waals surface area contributed by atoms with E-state index in [1.54, 1.807) is 13.2 Å². The molecule has 8 nitrogen and oxygen atoms in total. The molecule has 3 rings (SSSR count). The number of aliphatic imine (C=N–C) groups is 1. The lowest BCUT2D eigenvalue weighted by Crippen LogP contribution is -2.43. The molecule has 0 amide bonds. The van der Waals surface area contributed by atoms with Crippen LogP contribution in [0.4, 0.5) is 0 Å². The summed E-state index contributed by atoms with van der Waals surface area (Å²) in [5.41, 5.74) is 0.658. The van der Waals surface area contributed by atoms with Crippen molar-refractivity contribution in [3.8, 4) is 17.3 Å². The molecule has 9 heteroatoms. The zero-order chi connectivity index (χ0) is 21.2. The third-order valence-electron chi connectivity index (χ3n) is 4.30. The lowest BCUT2D eigenvalue weighted by atomic mass is 10.2. The fourth-order valence-corrected chi connectivity index (χ4v) is 2.84. The summed E-state index contributed by atoms with van der Waals surface area (Å²) in [7, 11) is 1.72. The smallest absolute Gasteiger partial charge is 0.276 e. The predicted octanol–water partition coefficient (Wildman–Crippen LogP) is 3.35. The summed E-state index contributed by atoms with van der Waals surface area (Å²) in [5, 5.41) is 11.1. The molecule has 0 aliphatic heterocycles. The first kappa shape index (κ1) is 21.6. The average Bonchev–Trinajstić information content (AvgIpc) is 3.26. The van der Waals surface area contributed by atoms with Gasteiger partial charge in [-0.3, -0.25) is 9.98 Å². The van der Waals surface area contributed by atoms with Crippen LogP contribution in [0, 0.1) is 0 Å². The molecule has 0 aliphatic carbocycles. The highest BCUT2D eigenvalue weighted by atomic mass is 35.5. The van der Waals surface area contributed by atoms with Crippen LogP contribution in [0.1, 0.15) is 19.2 Å². The van der Waals surface area contributed by atoms with Gasteiger partial charge in [0.2, 0.25) is 0 Å². The number of hydrogen-bond donors (Lipinski definition) is 2. The number of pyridine rings is 1. The van der Waals surface area contributed by atoms with Crippen molar-refractivity contribution in [1.29, 1.82) is 0 Å². The topological polar surface area (TPSA) is 97.5 Å². The number of hydrogen-bond acceptors (Lipinski definition) is 6. The van der Waals surface area contributed by atoms with Gasteiger partial charge < -0.3 is 19.9 Å². The maximum absolute atomic E-state index is 6.18. The summed E-state index contributed by atoms with van der Waals surface area (Å²) >= 11 is 6.18. The number of nitrogens with zero attached hydrogens (tertiary/aromatic N) is 4. The zero-order valence-electron chi connectivity index (χ0n) is 17.0. The summed E-state index contributed by atoms with van der Waals surface area (Å²) in [4.78, 5) is 12.8. The second kappa shape index (κ2) is 11.2. The van der Waals surface area contributed by atoms with Gasteiger partial charge in [0.05, 0.1) is 11.6 Å². The molecule has 2 N–H and O–H groups in total. The van der Waals surface area contributed by atoms with E-state index in [9.17, 15) is 0 Å². The van der Waals surface area contributed by atoms with Crippen LogP contribution in [-0.2, 0) is 6.42 Å². The molecule has 0 saturated carbocycles. The lowest BCUT2D eigenvalue weighted by Gasteiger charge is -2.20. The molecular weight excluding hydrogens is 404 g/mol. The van der Waals surface area contributed by atoms with Gasteiger partial charge in [-0.25, -0.2) is 0 Å². The first-order chi connectivity index (χ1) is 14.7. The molecule has 0 aliphatic rings. The number of rotatable bonds is 9. The van der Waals surface area contributed by atoms with E-state index in [1.165, 1.54) is 0 Å². The quantitative estimate of drug-likeness (QED) is 0.398. The Bertz CT molecular complexity index is 947. The van der Waals surface area contributed by atoms with Gasteiger partial charge in [-0.2, -0.15) is 4.98 Å². The Balaban J connectivity index is 1.44. The second-order valence-corrected chi connectivity index (χ2v) is 6.85. The number of benzene rings is 1.